The summed E-state index contributed by atoms with van der Waals surface area (Å²) in [5.41, 5.74) is 2.73. The van der Waals surface area contributed by atoms with Crippen LogP contribution in [0.2, 0.25) is 0 Å². The van der Waals surface area contributed by atoms with E-state index in [4.69, 9.17) is 4.74 Å². The van der Waals surface area contributed by atoms with Crippen molar-refractivity contribution in [2.24, 2.45) is 0 Å². The minimum Gasteiger partial charge on any atom is -0.376 e. The van der Waals surface area contributed by atoms with E-state index >= 15 is 0 Å². The molecule has 1 saturated heterocycles. The highest BCUT2D eigenvalue weighted by molar-refractivity contribution is 5.95. The van der Waals surface area contributed by atoms with Crippen LogP contribution in [0, 0.1) is 5.82 Å². The number of hydrogen-bond acceptors (Lipinski definition) is 3. The lowest BCUT2D eigenvalue weighted by atomic mass is 10.0. The van der Waals surface area contributed by atoms with Crippen molar-refractivity contribution in [2.45, 2.75) is 25.5 Å². The third kappa shape index (κ3) is 4.69. The van der Waals surface area contributed by atoms with Gasteiger partial charge in [0.05, 0.1) is 6.10 Å². The van der Waals surface area contributed by atoms with Gasteiger partial charge in [0, 0.05) is 43.2 Å². The van der Waals surface area contributed by atoms with Gasteiger partial charge < -0.3 is 9.64 Å². The Kier molecular flexibility index (Phi) is 5.96. The summed E-state index contributed by atoms with van der Waals surface area (Å²) in [7, 11) is 0. The average molecular weight is 390 g/mol. The molecule has 0 bridgehead atoms. The number of hydrogen-bond donors (Lipinski definition) is 0. The summed E-state index contributed by atoms with van der Waals surface area (Å²) in [5.74, 6) is -0.388. The maximum atomic E-state index is 14.2. The summed E-state index contributed by atoms with van der Waals surface area (Å²) < 4.78 is 20.0. The Hall–Kier alpha value is -3.05. The van der Waals surface area contributed by atoms with Gasteiger partial charge in [-0.3, -0.25) is 9.78 Å². The van der Waals surface area contributed by atoms with Gasteiger partial charge >= 0.3 is 0 Å². The van der Waals surface area contributed by atoms with Crippen molar-refractivity contribution in [1.29, 1.82) is 0 Å². The van der Waals surface area contributed by atoms with E-state index in [2.05, 4.69) is 4.98 Å². The van der Waals surface area contributed by atoms with Crippen LogP contribution in [0.25, 0.3) is 11.1 Å². The van der Waals surface area contributed by atoms with Crippen LogP contribution in [-0.2, 0) is 11.3 Å². The summed E-state index contributed by atoms with van der Waals surface area (Å²) >= 11 is 0. The topological polar surface area (TPSA) is 42.4 Å². The SMILES string of the molecule is O=C(c1cccc(-c2ccccc2F)c1)N(Cc1ccncc1)CC1CCCO1. The zero-order valence-corrected chi connectivity index (χ0v) is 16.1. The van der Waals surface area contributed by atoms with Crippen molar-refractivity contribution in [3.63, 3.8) is 0 Å². The Morgan fingerprint density at radius 3 is 2.69 bits per heavy atom. The van der Waals surface area contributed by atoms with Gasteiger partial charge in [0.1, 0.15) is 5.82 Å². The fourth-order valence-corrected chi connectivity index (χ4v) is 3.66. The smallest absolute Gasteiger partial charge is 0.254 e. The molecule has 0 saturated carbocycles. The van der Waals surface area contributed by atoms with Gasteiger partial charge in [-0.05, 0) is 54.3 Å². The number of aromatic nitrogens is 1. The van der Waals surface area contributed by atoms with E-state index in [1.54, 1.807) is 48.8 Å². The highest BCUT2D eigenvalue weighted by Gasteiger charge is 2.24. The van der Waals surface area contributed by atoms with Crippen molar-refractivity contribution in [3.8, 4) is 11.1 Å². The molecule has 1 atom stereocenters. The van der Waals surface area contributed by atoms with Crippen molar-refractivity contribution >= 4 is 5.91 Å². The molecule has 2 aromatic carbocycles. The lowest BCUT2D eigenvalue weighted by Crippen LogP contribution is -2.37. The van der Waals surface area contributed by atoms with Crippen LogP contribution in [0.4, 0.5) is 4.39 Å². The predicted molar refractivity (Wildman–Crippen MR) is 110 cm³/mol. The fourth-order valence-electron chi connectivity index (χ4n) is 3.66. The number of rotatable bonds is 6. The molecule has 1 unspecified atom stereocenters. The first-order valence-electron chi connectivity index (χ1n) is 9.85. The second-order valence-electron chi connectivity index (χ2n) is 7.24. The molecular formula is C24H23FN2O2. The Morgan fingerprint density at radius 2 is 1.93 bits per heavy atom. The third-order valence-electron chi connectivity index (χ3n) is 5.15. The number of benzene rings is 2. The zero-order valence-electron chi connectivity index (χ0n) is 16.1. The number of halogens is 1. The summed E-state index contributed by atoms with van der Waals surface area (Å²) in [6, 6.07) is 17.6. The first kappa shape index (κ1) is 19.3. The molecule has 0 N–H and O–H groups in total. The van der Waals surface area contributed by atoms with Crippen molar-refractivity contribution in [1.82, 2.24) is 9.88 Å². The molecule has 4 rings (SSSR count). The Balaban J connectivity index is 1.61. The van der Waals surface area contributed by atoms with Crippen LogP contribution in [0.1, 0.15) is 28.8 Å². The van der Waals surface area contributed by atoms with E-state index in [1.165, 1.54) is 6.07 Å². The second kappa shape index (κ2) is 8.97. The van der Waals surface area contributed by atoms with Crippen LogP contribution < -0.4 is 0 Å². The standard InChI is InChI=1S/C24H23FN2O2/c25-23-9-2-1-8-22(23)19-5-3-6-20(15-19)24(28)27(17-21-7-4-14-29-21)16-18-10-12-26-13-11-18/h1-3,5-6,8-13,15,21H,4,7,14,16-17H2. The first-order valence-corrected chi connectivity index (χ1v) is 9.85. The van der Waals surface area contributed by atoms with Gasteiger partial charge in [-0.15, -0.1) is 0 Å². The highest BCUT2D eigenvalue weighted by atomic mass is 19.1. The van der Waals surface area contributed by atoms with Gasteiger partial charge in [0.25, 0.3) is 5.91 Å². The van der Waals surface area contributed by atoms with Gasteiger partial charge in [-0.2, -0.15) is 0 Å². The lowest BCUT2D eigenvalue weighted by molar-refractivity contribution is 0.0507. The summed E-state index contributed by atoms with van der Waals surface area (Å²) in [6.45, 7) is 1.75. The van der Waals surface area contributed by atoms with E-state index in [0.29, 0.717) is 29.8 Å². The summed E-state index contributed by atoms with van der Waals surface area (Å²) in [6.07, 6.45) is 5.47. The number of nitrogens with zero attached hydrogens (tertiary/aromatic N) is 2. The van der Waals surface area contributed by atoms with Gasteiger partial charge in [0.15, 0.2) is 0 Å². The number of carbonyl (C=O) groups is 1. The molecule has 1 amide bonds. The number of pyridine rings is 1. The number of carbonyl (C=O) groups excluding carboxylic acids is 1. The molecular weight excluding hydrogens is 367 g/mol. The molecule has 2 heterocycles. The van der Waals surface area contributed by atoms with Crippen LogP contribution in [0.5, 0.6) is 0 Å². The van der Waals surface area contributed by atoms with Crippen LogP contribution in [0.3, 0.4) is 0 Å². The molecule has 4 nitrogen and oxygen atoms in total. The minimum atomic E-state index is -0.301. The van der Waals surface area contributed by atoms with E-state index in [-0.39, 0.29) is 17.8 Å². The number of amides is 1. The minimum absolute atomic E-state index is 0.0514. The Labute approximate surface area is 170 Å². The van der Waals surface area contributed by atoms with E-state index < -0.39 is 0 Å². The second-order valence-corrected chi connectivity index (χ2v) is 7.24. The molecule has 1 fully saturated rings. The monoisotopic (exact) mass is 390 g/mol. The molecule has 5 heteroatoms. The molecule has 0 spiro atoms. The lowest BCUT2D eigenvalue weighted by Gasteiger charge is -2.26. The molecule has 1 aliphatic heterocycles. The maximum absolute atomic E-state index is 14.2. The molecule has 29 heavy (non-hydrogen) atoms. The van der Waals surface area contributed by atoms with Crippen molar-refractivity contribution in [2.75, 3.05) is 13.2 Å². The Bertz CT molecular complexity index is 971. The van der Waals surface area contributed by atoms with Gasteiger partial charge in [0.2, 0.25) is 0 Å². The normalized spacial score (nSPS) is 16.0. The van der Waals surface area contributed by atoms with Crippen LogP contribution in [0.15, 0.2) is 73.1 Å². The summed E-state index contributed by atoms with van der Waals surface area (Å²) in [4.78, 5) is 19.2. The van der Waals surface area contributed by atoms with Crippen molar-refractivity contribution < 1.29 is 13.9 Å². The number of ether oxygens (including phenoxy) is 1. The first-order chi connectivity index (χ1) is 14.2. The van der Waals surface area contributed by atoms with E-state index in [9.17, 15) is 9.18 Å². The van der Waals surface area contributed by atoms with Gasteiger partial charge in [-0.25, -0.2) is 4.39 Å². The molecule has 1 aliphatic rings. The Morgan fingerprint density at radius 1 is 1.10 bits per heavy atom. The average Bonchev–Trinajstić information content (AvgIpc) is 3.27. The predicted octanol–water partition coefficient (Wildman–Crippen LogP) is 4.71. The fraction of sp³-hybridized carbons (Fsp3) is 0.250. The molecule has 0 aliphatic carbocycles. The van der Waals surface area contributed by atoms with Crippen LogP contribution in [-0.4, -0.2) is 35.0 Å². The maximum Gasteiger partial charge on any atom is 0.254 e. The zero-order chi connectivity index (χ0) is 20.1. The molecule has 1 aromatic heterocycles. The van der Waals surface area contributed by atoms with E-state index in [1.807, 2.05) is 23.1 Å². The third-order valence-corrected chi connectivity index (χ3v) is 5.15. The summed E-state index contributed by atoms with van der Waals surface area (Å²) in [5, 5.41) is 0. The largest absolute Gasteiger partial charge is 0.376 e. The van der Waals surface area contributed by atoms with Gasteiger partial charge in [-0.1, -0.05) is 30.3 Å². The molecule has 148 valence electrons. The molecule has 3 aromatic rings. The molecule has 0 radical (unpaired) electrons. The quantitative estimate of drug-likeness (QED) is 0.612. The van der Waals surface area contributed by atoms with E-state index in [0.717, 1.165) is 25.0 Å². The van der Waals surface area contributed by atoms with Crippen LogP contribution >= 0.6 is 0 Å². The van der Waals surface area contributed by atoms with Crippen molar-refractivity contribution in [3.05, 3.63) is 90.0 Å². The highest BCUT2D eigenvalue weighted by Crippen LogP contribution is 2.24.